The van der Waals surface area contributed by atoms with Gasteiger partial charge in [0.05, 0.1) is 18.1 Å². The van der Waals surface area contributed by atoms with Crippen molar-refractivity contribution in [2.24, 2.45) is 0 Å². The quantitative estimate of drug-likeness (QED) is 0.819. The summed E-state index contributed by atoms with van der Waals surface area (Å²) in [6.07, 6.45) is 0.742. The fourth-order valence-corrected chi connectivity index (χ4v) is 3.63. The molecule has 0 unspecified atom stereocenters. The van der Waals surface area contributed by atoms with Crippen LogP contribution in [0.15, 0.2) is 47.4 Å². The van der Waals surface area contributed by atoms with E-state index in [1.165, 1.54) is 12.1 Å². The average molecular weight is 390 g/mol. The monoisotopic (exact) mass is 390 g/mol. The van der Waals surface area contributed by atoms with E-state index < -0.39 is 10.0 Å². The van der Waals surface area contributed by atoms with Gasteiger partial charge in [0.15, 0.2) is 11.5 Å². The maximum atomic E-state index is 12.7. The SMILES string of the molecule is CC(C)NC(=O)c1ccc(NS(=O)(=O)c2ccc3c(c2)OCCCO3)cc1. The Labute approximate surface area is 158 Å². The summed E-state index contributed by atoms with van der Waals surface area (Å²) < 4.78 is 38.9. The highest BCUT2D eigenvalue weighted by atomic mass is 32.2. The van der Waals surface area contributed by atoms with Crippen LogP contribution in [0.5, 0.6) is 11.5 Å². The lowest BCUT2D eigenvalue weighted by Gasteiger charge is -2.12. The third kappa shape index (κ3) is 4.71. The molecule has 0 atom stereocenters. The van der Waals surface area contributed by atoms with Crippen LogP contribution in [0.2, 0.25) is 0 Å². The molecule has 0 fully saturated rings. The summed E-state index contributed by atoms with van der Waals surface area (Å²) in [7, 11) is -3.80. The van der Waals surface area contributed by atoms with Gasteiger partial charge in [0, 0.05) is 29.8 Å². The van der Waals surface area contributed by atoms with Crippen molar-refractivity contribution in [2.75, 3.05) is 17.9 Å². The minimum absolute atomic E-state index is 0.0232. The summed E-state index contributed by atoms with van der Waals surface area (Å²) in [4.78, 5) is 12.0. The van der Waals surface area contributed by atoms with Gasteiger partial charge in [-0.05, 0) is 50.2 Å². The maximum absolute atomic E-state index is 12.7. The second kappa shape index (κ2) is 7.87. The van der Waals surface area contributed by atoms with Gasteiger partial charge < -0.3 is 14.8 Å². The molecule has 0 radical (unpaired) electrons. The standard InChI is InChI=1S/C19H22N2O5S/c1-13(2)20-19(22)14-4-6-15(7-5-14)21-27(23,24)16-8-9-17-18(12-16)26-11-3-10-25-17/h4-9,12-13,21H,3,10-11H2,1-2H3,(H,20,22). The molecule has 2 aromatic rings. The second-order valence-corrected chi connectivity index (χ2v) is 8.15. The first-order valence-electron chi connectivity index (χ1n) is 8.68. The predicted octanol–water partition coefficient (Wildman–Crippen LogP) is 2.79. The zero-order valence-electron chi connectivity index (χ0n) is 15.2. The molecule has 8 heteroatoms. The van der Waals surface area contributed by atoms with Crippen LogP contribution in [-0.4, -0.2) is 33.6 Å². The summed E-state index contributed by atoms with van der Waals surface area (Å²) in [6, 6.07) is 10.8. The zero-order valence-corrected chi connectivity index (χ0v) is 16.0. The van der Waals surface area contributed by atoms with Crippen molar-refractivity contribution in [1.82, 2.24) is 5.32 Å². The summed E-state index contributed by atoms with van der Waals surface area (Å²) >= 11 is 0. The van der Waals surface area contributed by atoms with Crippen LogP contribution in [0.4, 0.5) is 5.69 Å². The molecule has 144 valence electrons. The molecule has 2 aromatic carbocycles. The Hall–Kier alpha value is -2.74. The maximum Gasteiger partial charge on any atom is 0.262 e. The highest BCUT2D eigenvalue weighted by Crippen LogP contribution is 2.32. The highest BCUT2D eigenvalue weighted by Gasteiger charge is 2.19. The van der Waals surface area contributed by atoms with Crippen molar-refractivity contribution in [2.45, 2.75) is 31.2 Å². The van der Waals surface area contributed by atoms with E-state index in [0.29, 0.717) is 36.0 Å². The molecular formula is C19H22N2O5S. The predicted molar refractivity (Wildman–Crippen MR) is 102 cm³/mol. The van der Waals surface area contributed by atoms with E-state index in [4.69, 9.17) is 9.47 Å². The Balaban J connectivity index is 1.76. The van der Waals surface area contributed by atoms with Crippen LogP contribution < -0.4 is 19.5 Å². The molecular weight excluding hydrogens is 368 g/mol. The molecule has 0 saturated heterocycles. The van der Waals surface area contributed by atoms with Crippen LogP contribution in [0.3, 0.4) is 0 Å². The van der Waals surface area contributed by atoms with Crippen molar-refractivity contribution >= 4 is 21.6 Å². The van der Waals surface area contributed by atoms with Gasteiger partial charge in [-0.3, -0.25) is 9.52 Å². The number of hydrogen-bond donors (Lipinski definition) is 2. The molecule has 1 amide bonds. The van der Waals surface area contributed by atoms with Gasteiger partial charge in [0.1, 0.15) is 0 Å². The number of ether oxygens (including phenoxy) is 2. The first-order chi connectivity index (χ1) is 12.8. The Morgan fingerprint density at radius 2 is 1.67 bits per heavy atom. The minimum Gasteiger partial charge on any atom is -0.490 e. The van der Waals surface area contributed by atoms with Crippen LogP contribution >= 0.6 is 0 Å². The first kappa shape index (κ1) is 19.0. The molecule has 1 aliphatic heterocycles. The van der Waals surface area contributed by atoms with Gasteiger partial charge in [-0.2, -0.15) is 0 Å². The number of rotatable bonds is 5. The van der Waals surface area contributed by atoms with Crippen molar-refractivity contribution in [3.05, 3.63) is 48.0 Å². The van der Waals surface area contributed by atoms with Crippen molar-refractivity contribution in [3.63, 3.8) is 0 Å². The zero-order chi connectivity index (χ0) is 19.4. The van der Waals surface area contributed by atoms with Crippen molar-refractivity contribution in [3.8, 4) is 11.5 Å². The number of carbonyl (C=O) groups excluding carboxylic acids is 1. The largest absolute Gasteiger partial charge is 0.490 e. The summed E-state index contributed by atoms with van der Waals surface area (Å²) in [6.45, 7) is 4.75. The molecule has 0 saturated carbocycles. The third-order valence-corrected chi connectivity index (χ3v) is 5.23. The number of carbonyl (C=O) groups is 1. The molecule has 27 heavy (non-hydrogen) atoms. The van der Waals surface area contributed by atoms with Crippen LogP contribution in [-0.2, 0) is 10.0 Å². The van der Waals surface area contributed by atoms with E-state index >= 15 is 0 Å². The molecule has 0 aliphatic carbocycles. The normalized spacial score (nSPS) is 13.7. The Morgan fingerprint density at radius 1 is 1.00 bits per heavy atom. The molecule has 1 heterocycles. The summed E-state index contributed by atoms with van der Waals surface area (Å²) in [5.41, 5.74) is 0.824. The van der Waals surface area contributed by atoms with Crippen molar-refractivity contribution in [1.29, 1.82) is 0 Å². The smallest absolute Gasteiger partial charge is 0.262 e. The number of amides is 1. The van der Waals surface area contributed by atoms with Crippen LogP contribution in [0.1, 0.15) is 30.6 Å². The molecule has 1 aliphatic rings. The Kier molecular flexibility index (Phi) is 5.55. The van der Waals surface area contributed by atoms with Gasteiger partial charge >= 0.3 is 0 Å². The fraction of sp³-hybridized carbons (Fsp3) is 0.316. The second-order valence-electron chi connectivity index (χ2n) is 6.47. The molecule has 0 spiro atoms. The van der Waals surface area contributed by atoms with E-state index in [1.54, 1.807) is 30.3 Å². The Bertz CT molecular complexity index is 924. The number of benzene rings is 2. The van der Waals surface area contributed by atoms with E-state index in [0.717, 1.165) is 6.42 Å². The van der Waals surface area contributed by atoms with Gasteiger partial charge in [-0.25, -0.2) is 8.42 Å². The number of sulfonamides is 1. The van der Waals surface area contributed by atoms with Crippen LogP contribution in [0, 0.1) is 0 Å². The highest BCUT2D eigenvalue weighted by molar-refractivity contribution is 7.92. The van der Waals surface area contributed by atoms with E-state index in [1.807, 2.05) is 13.8 Å². The number of nitrogens with one attached hydrogen (secondary N) is 2. The van der Waals surface area contributed by atoms with Crippen LogP contribution in [0.25, 0.3) is 0 Å². The van der Waals surface area contributed by atoms with E-state index in [2.05, 4.69) is 10.0 Å². The van der Waals surface area contributed by atoms with Gasteiger partial charge in [0.25, 0.3) is 15.9 Å². The summed E-state index contributed by atoms with van der Waals surface area (Å²) in [5.74, 6) is 0.741. The lowest BCUT2D eigenvalue weighted by Crippen LogP contribution is -2.30. The van der Waals surface area contributed by atoms with E-state index in [9.17, 15) is 13.2 Å². The van der Waals surface area contributed by atoms with Gasteiger partial charge in [-0.15, -0.1) is 0 Å². The third-order valence-electron chi connectivity index (χ3n) is 3.85. The first-order valence-corrected chi connectivity index (χ1v) is 10.2. The number of hydrogen-bond acceptors (Lipinski definition) is 5. The number of anilines is 1. The lowest BCUT2D eigenvalue weighted by atomic mass is 10.2. The molecule has 3 rings (SSSR count). The molecule has 2 N–H and O–H groups in total. The molecule has 0 bridgehead atoms. The fourth-order valence-electron chi connectivity index (χ4n) is 2.56. The van der Waals surface area contributed by atoms with Gasteiger partial charge in [-0.1, -0.05) is 0 Å². The average Bonchev–Trinajstić information content (AvgIpc) is 2.86. The lowest BCUT2D eigenvalue weighted by molar-refractivity contribution is 0.0943. The number of fused-ring (bicyclic) bond motifs is 1. The Morgan fingerprint density at radius 3 is 2.33 bits per heavy atom. The van der Waals surface area contributed by atoms with Crippen molar-refractivity contribution < 1.29 is 22.7 Å². The molecule has 0 aromatic heterocycles. The molecule has 7 nitrogen and oxygen atoms in total. The van der Waals surface area contributed by atoms with Gasteiger partial charge in [0.2, 0.25) is 0 Å². The topological polar surface area (TPSA) is 93.7 Å². The summed E-state index contributed by atoms with van der Waals surface area (Å²) in [5, 5.41) is 2.78. The minimum atomic E-state index is -3.80. The van der Waals surface area contributed by atoms with E-state index in [-0.39, 0.29) is 16.8 Å².